The van der Waals surface area contributed by atoms with Crippen molar-refractivity contribution in [1.82, 2.24) is 20.5 Å². The Labute approximate surface area is 131 Å². The van der Waals surface area contributed by atoms with Crippen LogP contribution in [-0.2, 0) is 11.3 Å². The molecule has 7 heteroatoms. The molecule has 0 saturated carbocycles. The molecule has 1 heterocycles. The van der Waals surface area contributed by atoms with Crippen LogP contribution < -0.4 is 10.6 Å². The summed E-state index contributed by atoms with van der Waals surface area (Å²) in [5.74, 6) is 0.813. The van der Waals surface area contributed by atoms with E-state index in [1.807, 2.05) is 6.20 Å². The maximum Gasteiger partial charge on any atom is 0.191 e. The van der Waals surface area contributed by atoms with Gasteiger partial charge >= 0.3 is 0 Å². The van der Waals surface area contributed by atoms with Crippen LogP contribution in [0.4, 0.5) is 0 Å². The van der Waals surface area contributed by atoms with E-state index in [2.05, 4.69) is 39.5 Å². The van der Waals surface area contributed by atoms with Crippen molar-refractivity contribution in [3.05, 3.63) is 16.1 Å². The number of nitrogens with zero attached hydrogens (tertiary/aromatic N) is 3. The molecule has 0 unspecified atom stereocenters. The van der Waals surface area contributed by atoms with Crippen LogP contribution in [0.25, 0.3) is 0 Å². The molecule has 6 nitrogen and oxygen atoms in total. The molecule has 0 aromatic carbocycles. The Balaban J connectivity index is 2.16. The van der Waals surface area contributed by atoms with Gasteiger partial charge in [0.05, 0.1) is 6.54 Å². The molecule has 2 N–H and O–H groups in total. The summed E-state index contributed by atoms with van der Waals surface area (Å²) in [5, 5.41) is 7.66. The Morgan fingerprint density at radius 3 is 2.86 bits per heavy atom. The van der Waals surface area contributed by atoms with Gasteiger partial charge in [-0.1, -0.05) is 0 Å². The number of methoxy groups -OCH3 is 1. The summed E-state index contributed by atoms with van der Waals surface area (Å²) >= 11 is 1.70. The first-order chi connectivity index (χ1) is 10.2. The van der Waals surface area contributed by atoms with Crippen LogP contribution in [0.15, 0.2) is 11.2 Å². The monoisotopic (exact) mass is 313 g/mol. The van der Waals surface area contributed by atoms with Gasteiger partial charge in [0.2, 0.25) is 0 Å². The average Bonchev–Trinajstić information content (AvgIpc) is 2.88. The summed E-state index contributed by atoms with van der Waals surface area (Å²) in [7, 11) is 5.64. The molecule has 1 rings (SSSR count). The Hall–Kier alpha value is -1.18. The summed E-state index contributed by atoms with van der Waals surface area (Å²) in [4.78, 5) is 12.1. The van der Waals surface area contributed by atoms with Crippen molar-refractivity contribution in [2.45, 2.75) is 19.9 Å². The molecule has 0 aliphatic carbocycles. The summed E-state index contributed by atoms with van der Waals surface area (Å²) in [6, 6.07) is 0. The predicted molar refractivity (Wildman–Crippen MR) is 89.0 cm³/mol. The zero-order valence-electron chi connectivity index (χ0n) is 13.5. The van der Waals surface area contributed by atoms with Gasteiger partial charge in [-0.15, -0.1) is 11.3 Å². The van der Waals surface area contributed by atoms with Gasteiger partial charge in [0.1, 0.15) is 5.01 Å². The molecule has 1 aromatic rings. The molecule has 120 valence electrons. The van der Waals surface area contributed by atoms with Crippen LogP contribution in [0.2, 0.25) is 0 Å². The van der Waals surface area contributed by atoms with Crippen molar-refractivity contribution in [1.29, 1.82) is 0 Å². The van der Waals surface area contributed by atoms with Crippen molar-refractivity contribution in [3.8, 4) is 0 Å². The first kappa shape index (κ1) is 17.9. The number of rotatable bonds is 9. The van der Waals surface area contributed by atoms with Gasteiger partial charge in [-0.25, -0.2) is 4.98 Å². The number of ether oxygens (including phenoxy) is 1. The maximum atomic E-state index is 5.05. The summed E-state index contributed by atoms with van der Waals surface area (Å²) in [5.41, 5.74) is 0. The third kappa shape index (κ3) is 7.99. The molecular formula is C14H27N5OS. The zero-order valence-corrected chi connectivity index (χ0v) is 14.3. The quantitative estimate of drug-likeness (QED) is 0.406. The number of likely N-dealkylation sites (N-methyl/N-ethyl adjacent to an activating group) is 1. The van der Waals surface area contributed by atoms with Gasteiger partial charge in [-0.05, 0) is 20.4 Å². The standard InChI is InChI=1S/C14H27N5OS/c1-12-10-17-13(21-12)11-18-14(15-2)16-6-8-19(3)7-5-9-20-4/h10H,5-9,11H2,1-4H3,(H2,15,16,18). The van der Waals surface area contributed by atoms with Gasteiger partial charge < -0.3 is 20.3 Å². The first-order valence-electron chi connectivity index (χ1n) is 7.19. The van der Waals surface area contributed by atoms with Crippen molar-refractivity contribution < 1.29 is 4.74 Å². The normalized spacial score (nSPS) is 12.0. The largest absolute Gasteiger partial charge is 0.385 e. The minimum atomic E-state index is 0.710. The highest BCUT2D eigenvalue weighted by Gasteiger charge is 2.02. The number of guanidine groups is 1. The van der Waals surface area contributed by atoms with Crippen LogP contribution in [0.3, 0.4) is 0 Å². The number of aromatic nitrogens is 1. The highest BCUT2D eigenvalue weighted by molar-refractivity contribution is 7.11. The van der Waals surface area contributed by atoms with Crippen LogP contribution in [0.5, 0.6) is 0 Å². The van der Waals surface area contributed by atoms with E-state index in [-0.39, 0.29) is 0 Å². The molecule has 0 aliphatic rings. The van der Waals surface area contributed by atoms with E-state index in [0.29, 0.717) is 6.54 Å². The minimum Gasteiger partial charge on any atom is -0.385 e. The lowest BCUT2D eigenvalue weighted by Crippen LogP contribution is -2.40. The summed E-state index contributed by atoms with van der Waals surface area (Å²) in [6.45, 7) is 6.46. The highest BCUT2D eigenvalue weighted by atomic mass is 32.1. The number of nitrogens with one attached hydrogen (secondary N) is 2. The number of hydrogen-bond donors (Lipinski definition) is 2. The average molecular weight is 313 g/mol. The molecule has 0 spiro atoms. The SMILES string of the molecule is CN=C(NCCN(C)CCCOC)NCc1ncc(C)s1. The second-order valence-corrected chi connectivity index (χ2v) is 6.19. The molecule has 0 amide bonds. The first-order valence-corrected chi connectivity index (χ1v) is 8.00. The number of aryl methyl sites for hydroxylation is 1. The van der Waals surface area contributed by atoms with Gasteiger partial charge in [-0.3, -0.25) is 4.99 Å². The molecule has 21 heavy (non-hydrogen) atoms. The molecule has 0 atom stereocenters. The maximum absolute atomic E-state index is 5.05. The Morgan fingerprint density at radius 1 is 1.43 bits per heavy atom. The molecule has 0 radical (unpaired) electrons. The van der Waals surface area contributed by atoms with E-state index in [9.17, 15) is 0 Å². The second-order valence-electron chi connectivity index (χ2n) is 4.87. The molecular weight excluding hydrogens is 286 g/mol. The number of thiazole rings is 1. The minimum absolute atomic E-state index is 0.710. The van der Waals surface area contributed by atoms with Gasteiger partial charge in [0.15, 0.2) is 5.96 Å². The van der Waals surface area contributed by atoms with Crippen molar-refractivity contribution in [3.63, 3.8) is 0 Å². The highest BCUT2D eigenvalue weighted by Crippen LogP contribution is 2.10. The van der Waals surface area contributed by atoms with Gasteiger partial charge in [0, 0.05) is 51.5 Å². The van der Waals surface area contributed by atoms with E-state index in [4.69, 9.17) is 4.74 Å². The molecule has 0 bridgehead atoms. The van der Waals surface area contributed by atoms with Crippen molar-refractivity contribution in [2.24, 2.45) is 4.99 Å². The lowest BCUT2D eigenvalue weighted by atomic mass is 10.4. The number of aliphatic imine (C=N–C) groups is 1. The summed E-state index contributed by atoms with van der Waals surface area (Å²) in [6.07, 6.45) is 2.95. The predicted octanol–water partition coefficient (Wildman–Crippen LogP) is 1.08. The topological polar surface area (TPSA) is 61.8 Å². The third-order valence-electron chi connectivity index (χ3n) is 2.97. The van der Waals surface area contributed by atoms with Gasteiger partial charge in [0.25, 0.3) is 0 Å². The van der Waals surface area contributed by atoms with Crippen LogP contribution >= 0.6 is 11.3 Å². The van der Waals surface area contributed by atoms with E-state index < -0.39 is 0 Å². The van der Waals surface area contributed by atoms with Gasteiger partial charge in [-0.2, -0.15) is 0 Å². The van der Waals surface area contributed by atoms with Crippen LogP contribution in [0.1, 0.15) is 16.3 Å². The Kier molecular flexibility index (Phi) is 8.96. The summed E-state index contributed by atoms with van der Waals surface area (Å²) < 4.78 is 5.05. The van der Waals surface area contributed by atoms with Crippen LogP contribution in [-0.4, -0.2) is 63.3 Å². The van der Waals surface area contributed by atoms with Crippen LogP contribution in [0, 0.1) is 6.92 Å². The van der Waals surface area contributed by atoms with E-state index in [1.54, 1.807) is 25.5 Å². The van der Waals surface area contributed by atoms with E-state index in [1.165, 1.54) is 4.88 Å². The second kappa shape index (κ2) is 10.5. The fourth-order valence-corrected chi connectivity index (χ4v) is 2.55. The fraction of sp³-hybridized carbons (Fsp3) is 0.714. The molecule has 0 aliphatic heterocycles. The Bertz CT molecular complexity index is 421. The fourth-order valence-electron chi connectivity index (χ4n) is 1.82. The third-order valence-corrected chi connectivity index (χ3v) is 3.89. The lowest BCUT2D eigenvalue weighted by molar-refractivity contribution is 0.180. The molecule has 1 aromatic heterocycles. The smallest absolute Gasteiger partial charge is 0.191 e. The Morgan fingerprint density at radius 2 is 2.24 bits per heavy atom. The lowest BCUT2D eigenvalue weighted by Gasteiger charge is -2.17. The van der Waals surface area contributed by atoms with Crippen molar-refractivity contribution in [2.75, 3.05) is 47.4 Å². The van der Waals surface area contributed by atoms with Crippen molar-refractivity contribution >= 4 is 17.3 Å². The van der Waals surface area contributed by atoms with E-state index >= 15 is 0 Å². The molecule has 0 fully saturated rings. The van der Waals surface area contributed by atoms with E-state index in [0.717, 1.165) is 43.6 Å². The number of hydrogen-bond acceptors (Lipinski definition) is 5. The molecule has 0 saturated heterocycles. The zero-order chi connectivity index (χ0) is 15.5.